The molecule has 4 atom stereocenters. The monoisotopic (exact) mass is 696 g/mol. The predicted octanol–water partition coefficient (Wildman–Crippen LogP) is 6.88. The largest absolute Gasteiger partial charge is 0.477 e. The number of β-lactam (4-membered cyclic amide) rings is 1. The Morgan fingerprint density at radius 3 is 1.71 bits per heavy atom. The maximum absolute atomic E-state index is 14.8. The summed E-state index contributed by atoms with van der Waals surface area (Å²) >= 11 is 6.07. The number of hydrogen-bond donors (Lipinski definition) is 1. The van der Waals surface area contributed by atoms with E-state index in [-0.39, 0.29) is 16.4 Å². The van der Waals surface area contributed by atoms with Crippen LogP contribution in [0.4, 0.5) is 0 Å². The van der Waals surface area contributed by atoms with Crippen molar-refractivity contribution in [3.63, 3.8) is 0 Å². The number of pyridine rings is 1. The fourth-order valence-electron chi connectivity index (χ4n) is 6.58. The van der Waals surface area contributed by atoms with E-state index in [0.29, 0.717) is 10.6 Å². The van der Waals surface area contributed by atoms with Crippen molar-refractivity contribution in [3.05, 3.63) is 121 Å². The summed E-state index contributed by atoms with van der Waals surface area (Å²) < 4.78 is 6.86. The van der Waals surface area contributed by atoms with Crippen LogP contribution in [-0.4, -0.2) is 57.6 Å². The van der Waals surface area contributed by atoms with Crippen molar-refractivity contribution >= 4 is 65.5 Å². The second kappa shape index (κ2) is 14.0. The van der Waals surface area contributed by atoms with E-state index in [1.54, 1.807) is 11.1 Å². The Bertz CT molecular complexity index is 1730. The van der Waals surface area contributed by atoms with Crippen LogP contribution in [0.5, 0.6) is 0 Å². The van der Waals surface area contributed by atoms with E-state index in [4.69, 9.17) is 16.6 Å². The third kappa shape index (κ3) is 6.39. The van der Waals surface area contributed by atoms with Crippen molar-refractivity contribution in [1.29, 1.82) is 0 Å². The summed E-state index contributed by atoms with van der Waals surface area (Å²) in [5.74, 6) is -2.40. The van der Waals surface area contributed by atoms with Gasteiger partial charge in [0, 0.05) is 23.9 Å². The molecule has 2 heterocycles. The molecule has 1 fully saturated rings. The van der Waals surface area contributed by atoms with Crippen LogP contribution in [0.3, 0.4) is 0 Å². The molecule has 0 saturated carbocycles. The first-order valence-corrected chi connectivity index (χ1v) is 21.5. The lowest BCUT2D eigenvalue weighted by molar-refractivity contribution is -0.157. The van der Waals surface area contributed by atoms with Gasteiger partial charge in [0.05, 0.1) is 23.8 Å². The number of amides is 1. The molecule has 1 N–H and O–H groups in total. The lowest BCUT2D eigenvalue weighted by Crippen LogP contribution is -2.71. The number of thiocarbonyl (C=S) groups is 1. The topological polar surface area (TPSA) is 79.7 Å². The number of likely N-dealkylation sites (tertiary alicyclic amines) is 1. The van der Waals surface area contributed by atoms with Crippen LogP contribution in [0.15, 0.2) is 115 Å². The van der Waals surface area contributed by atoms with Gasteiger partial charge in [0.2, 0.25) is 5.91 Å². The van der Waals surface area contributed by atoms with Crippen LogP contribution >= 0.6 is 19.1 Å². The van der Waals surface area contributed by atoms with E-state index >= 15 is 0 Å². The number of rotatable bonds is 11. The maximum atomic E-state index is 14.8. The van der Waals surface area contributed by atoms with Crippen LogP contribution in [0, 0.1) is 11.8 Å². The van der Waals surface area contributed by atoms with Gasteiger partial charge in [-0.05, 0) is 53.1 Å². The molecule has 0 spiro atoms. The summed E-state index contributed by atoms with van der Waals surface area (Å²) in [6.45, 7) is 11.7. The van der Waals surface area contributed by atoms with E-state index < -0.39 is 45.2 Å². The molecule has 0 unspecified atom stereocenters. The minimum Gasteiger partial charge on any atom is -0.477 e. The molecule has 6 nitrogen and oxygen atoms in total. The van der Waals surface area contributed by atoms with Crippen LogP contribution in [0.2, 0.25) is 18.1 Å². The molecule has 250 valence electrons. The second-order valence-electron chi connectivity index (χ2n) is 14.0. The van der Waals surface area contributed by atoms with Crippen molar-refractivity contribution in [3.8, 4) is 0 Å². The molecule has 1 saturated heterocycles. The number of carbonyl (C=O) groups excluding carboxylic acids is 1. The predicted molar refractivity (Wildman–Crippen MR) is 205 cm³/mol. The fourth-order valence-corrected chi connectivity index (χ4v) is 12.6. The molecule has 48 heavy (non-hydrogen) atoms. The van der Waals surface area contributed by atoms with Gasteiger partial charge in [-0.1, -0.05) is 137 Å². The van der Waals surface area contributed by atoms with Crippen molar-refractivity contribution in [2.75, 3.05) is 0 Å². The zero-order valence-corrected chi connectivity index (χ0v) is 31.4. The maximum Gasteiger partial charge on any atom is 0.353 e. The van der Waals surface area contributed by atoms with Gasteiger partial charge in [-0.15, -0.1) is 0 Å². The molecule has 3 aromatic carbocycles. The number of nitrogens with zero attached hydrogens (tertiary/aromatic N) is 2. The summed E-state index contributed by atoms with van der Waals surface area (Å²) in [6, 6.07) is 34.3. The minimum absolute atomic E-state index is 0.0764. The summed E-state index contributed by atoms with van der Waals surface area (Å²) in [5.41, 5.74) is 0.718. The number of carboxylic acid groups (broad SMARTS) is 1. The molecule has 0 aliphatic carbocycles. The molecule has 0 radical (unpaired) electrons. The van der Waals surface area contributed by atoms with Crippen LogP contribution in [-0.2, 0) is 14.0 Å². The zero-order valence-electron chi connectivity index (χ0n) is 28.7. The average Bonchev–Trinajstić information content (AvgIpc) is 3.07. The Morgan fingerprint density at radius 2 is 1.31 bits per heavy atom. The quantitative estimate of drug-likeness (QED) is 0.0606. The van der Waals surface area contributed by atoms with E-state index in [0.717, 1.165) is 15.9 Å². The summed E-state index contributed by atoms with van der Waals surface area (Å²) in [7, 11) is -2.30. The molecular weight excluding hydrogens is 652 g/mol. The van der Waals surface area contributed by atoms with Crippen LogP contribution in [0.25, 0.3) is 0 Å². The minimum atomic E-state index is -3.15. The Kier molecular flexibility index (Phi) is 10.4. The Hall–Kier alpha value is -3.68. The first-order valence-electron chi connectivity index (χ1n) is 16.4. The van der Waals surface area contributed by atoms with Gasteiger partial charge in [0.15, 0.2) is 8.32 Å². The standard InChI is InChI=1S/C39H45N2O4PSSi/c1-27(35(47)32-25-17-18-26-40-32)34-33(28(2)45-48(6,7)39(3,4)5)36(42)41(34)37(38(43)44)46(29-19-11-8-12-20-29,30-21-13-9-14-22-30)31-23-15-10-16-24-31/h8-28,33-34H,1-7H3,(H,43,44)/t27-,28-,33-,34-/m1/s1. The van der Waals surface area contributed by atoms with Gasteiger partial charge in [0.1, 0.15) is 5.42 Å². The number of carbonyl (C=O) groups is 2. The number of aliphatic carboxylic acids is 1. The lowest BCUT2D eigenvalue weighted by Gasteiger charge is -2.54. The third-order valence-corrected chi connectivity index (χ3v) is 19.4. The molecule has 4 aromatic rings. The van der Waals surface area contributed by atoms with E-state index in [1.807, 2.05) is 123 Å². The highest BCUT2D eigenvalue weighted by Gasteiger charge is 2.58. The van der Waals surface area contributed by atoms with Gasteiger partial charge < -0.3 is 14.4 Å². The molecule has 1 amide bonds. The molecule has 1 aliphatic heterocycles. The second-order valence-corrected chi connectivity index (χ2v) is 22.5. The molecule has 5 rings (SSSR count). The summed E-state index contributed by atoms with van der Waals surface area (Å²) in [4.78, 5) is 35.5. The Morgan fingerprint density at radius 1 is 0.854 bits per heavy atom. The van der Waals surface area contributed by atoms with Crippen LogP contribution < -0.4 is 15.9 Å². The molecule has 1 aromatic heterocycles. The molecular formula is C39H45N2O4PSSi. The van der Waals surface area contributed by atoms with Crippen LogP contribution in [0.1, 0.15) is 40.3 Å². The third-order valence-electron chi connectivity index (χ3n) is 9.99. The lowest BCUT2D eigenvalue weighted by atomic mass is 9.75. The normalized spacial score (nSPS) is 18.1. The van der Waals surface area contributed by atoms with E-state index in [9.17, 15) is 14.7 Å². The summed E-state index contributed by atoms with van der Waals surface area (Å²) in [5, 5.41) is 13.9. The SMILES string of the molecule is C[C@@H](O[Si](C)(C)C(C)(C)C)[C@H]1C(=O)N(C(C(=O)O)=P(c2ccccc2)(c2ccccc2)c2ccccc2)[C@@H]1[C@@H](C)C(=S)c1ccccn1. The summed E-state index contributed by atoms with van der Waals surface area (Å²) in [6.07, 6.45) is 1.24. The van der Waals surface area contributed by atoms with Crippen molar-refractivity contribution in [2.24, 2.45) is 11.8 Å². The molecule has 0 bridgehead atoms. The molecule has 1 aliphatic rings. The first-order chi connectivity index (χ1) is 22.7. The van der Waals surface area contributed by atoms with Gasteiger partial charge in [0.25, 0.3) is 0 Å². The number of carboxylic acids is 1. The van der Waals surface area contributed by atoms with Crippen molar-refractivity contribution < 1.29 is 19.1 Å². The van der Waals surface area contributed by atoms with E-state index in [2.05, 4.69) is 38.8 Å². The highest BCUT2D eigenvalue weighted by atomic mass is 32.1. The highest BCUT2D eigenvalue weighted by Crippen LogP contribution is 2.51. The fraction of sp³-hybridized carbons (Fsp3) is 0.308. The van der Waals surface area contributed by atoms with Gasteiger partial charge in [-0.2, -0.15) is 0 Å². The average molecular weight is 697 g/mol. The highest BCUT2D eigenvalue weighted by molar-refractivity contribution is 7.96. The first kappa shape index (κ1) is 35.6. The van der Waals surface area contributed by atoms with Crippen molar-refractivity contribution in [1.82, 2.24) is 9.88 Å². The van der Waals surface area contributed by atoms with Gasteiger partial charge >= 0.3 is 5.97 Å². The van der Waals surface area contributed by atoms with Gasteiger partial charge in [-0.25, -0.2) is 4.79 Å². The molecule has 9 heteroatoms. The Labute approximate surface area is 291 Å². The number of hydrogen-bond acceptors (Lipinski definition) is 5. The van der Waals surface area contributed by atoms with Gasteiger partial charge in [-0.3, -0.25) is 9.78 Å². The zero-order chi connectivity index (χ0) is 34.9. The smallest absolute Gasteiger partial charge is 0.353 e. The number of aromatic nitrogens is 1. The Balaban J connectivity index is 1.83. The van der Waals surface area contributed by atoms with Crippen molar-refractivity contribution in [2.45, 2.75) is 64.9 Å². The van der Waals surface area contributed by atoms with E-state index in [1.165, 1.54) is 0 Å². The number of benzene rings is 3.